The molecule has 1 aromatic carbocycles. The van der Waals surface area contributed by atoms with Crippen molar-refractivity contribution in [3.05, 3.63) is 34.9 Å². The lowest BCUT2D eigenvalue weighted by atomic mass is 9.92. The first kappa shape index (κ1) is 14.5. The van der Waals surface area contributed by atoms with E-state index in [9.17, 15) is 0 Å². The summed E-state index contributed by atoms with van der Waals surface area (Å²) in [5.74, 6) is 0.628. The molecule has 0 saturated carbocycles. The zero-order valence-corrected chi connectivity index (χ0v) is 12.8. The van der Waals surface area contributed by atoms with Gasteiger partial charge in [0.2, 0.25) is 0 Å². The van der Waals surface area contributed by atoms with Crippen LogP contribution in [0.5, 0.6) is 0 Å². The van der Waals surface area contributed by atoms with Gasteiger partial charge in [0.25, 0.3) is 0 Å². The Labute approximate surface area is 117 Å². The van der Waals surface area contributed by atoms with Crippen molar-refractivity contribution in [1.29, 1.82) is 0 Å². The molecule has 0 N–H and O–H groups in total. The fourth-order valence-corrected chi connectivity index (χ4v) is 2.70. The molecule has 2 heteroatoms. The molecule has 2 heterocycles. The molecule has 106 valence electrons. The van der Waals surface area contributed by atoms with Gasteiger partial charge in [-0.05, 0) is 29.0 Å². The van der Waals surface area contributed by atoms with E-state index >= 15 is 0 Å². The Morgan fingerprint density at radius 1 is 1.16 bits per heavy atom. The molecule has 0 aliphatic carbocycles. The van der Waals surface area contributed by atoms with Crippen molar-refractivity contribution in [2.24, 2.45) is 0 Å². The second-order valence-electron chi connectivity index (χ2n) is 5.59. The Morgan fingerprint density at radius 3 is 2.47 bits per heavy atom. The van der Waals surface area contributed by atoms with Crippen molar-refractivity contribution in [2.75, 3.05) is 19.8 Å². The van der Waals surface area contributed by atoms with E-state index in [1.807, 2.05) is 13.8 Å². The molecule has 2 aliphatic rings. The van der Waals surface area contributed by atoms with Gasteiger partial charge in [0.1, 0.15) is 0 Å². The normalized spacial score (nSPS) is 19.4. The Balaban J connectivity index is 0.000000637. The van der Waals surface area contributed by atoms with Crippen molar-refractivity contribution in [2.45, 2.75) is 52.6 Å². The molecule has 0 bridgehead atoms. The van der Waals surface area contributed by atoms with E-state index in [2.05, 4.69) is 36.9 Å². The number of benzene rings is 1. The third-order valence-corrected chi connectivity index (χ3v) is 4.08. The van der Waals surface area contributed by atoms with Crippen molar-refractivity contribution in [3.63, 3.8) is 0 Å². The fourth-order valence-electron chi connectivity index (χ4n) is 2.70. The van der Waals surface area contributed by atoms with Crippen LogP contribution in [0.4, 0.5) is 0 Å². The molecule has 3 rings (SSSR count). The number of hydrogen-bond donors (Lipinski definition) is 0. The van der Waals surface area contributed by atoms with Crippen LogP contribution < -0.4 is 0 Å². The van der Waals surface area contributed by atoms with E-state index < -0.39 is 0 Å². The highest BCUT2D eigenvalue weighted by Gasteiger charge is 2.28. The van der Waals surface area contributed by atoms with Crippen LogP contribution >= 0.6 is 0 Å². The lowest BCUT2D eigenvalue weighted by Gasteiger charge is -2.40. The lowest BCUT2D eigenvalue weighted by Crippen LogP contribution is -2.50. The summed E-state index contributed by atoms with van der Waals surface area (Å²) >= 11 is 0. The van der Waals surface area contributed by atoms with Crippen LogP contribution in [0.2, 0.25) is 0 Å². The van der Waals surface area contributed by atoms with E-state index in [1.165, 1.54) is 24.1 Å². The summed E-state index contributed by atoms with van der Waals surface area (Å²) in [5.41, 5.74) is 4.55. The smallest absolute Gasteiger partial charge is 0.0645 e. The summed E-state index contributed by atoms with van der Waals surface area (Å²) in [4.78, 5) is 2.58. The van der Waals surface area contributed by atoms with Gasteiger partial charge in [-0.25, -0.2) is 0 Å². The predicted octanol–water partition coefficient (Wildman–Crippen LogP) is 3.59. The van der Waals surface area contributed by atoms with Crippen LogP contribution in [0.25, 0.3) is 0 Å². The van der Waals surface area contributed by atoms with Gasteiger partial charge < -0.3 is 4.74 Å². The second kappa shape index (κ2) is 6.53. The molecular formula is C17H27NO. The summed E-state index contributed by atoms with van der Waals surface area (Å²) in [5, 5.41) is 0. The van der Waals surface area contributed by atoms with Crippen LogP contribution in [0, 0.1) is 0 Å². The molecule has 0 spiro atoms. The number of hydrogen-bond acceptors (Lipinski definition) is 2. The van der Waals surface area contributed by atoms with Gasteiger partial charge in [-0.2, -0.15) is 0 Å². The summed E-state index contributed by atoms with van der Waals surface area (Å²) in [6, 6.07) is 7.71. The third-order valence-electron chi connectivity index (χ3n) is 4.08. The highest BCUT2D eigenvalue weighted by atomic mass is 16.5. The highest BCUT2D eigenvalue weighted by Crippen LogP contribution is 2.26. The number of rotatable bonds is 2. The van der Waals surface area contributed by atoms with Gasteiger partial charge in [0, 0.05) is 13.1 Å². The van der Waals surface area contributed by atoms with Gasteiger partial charge in [0.05, 0.1) is 19.3 Å². The zero-order chi connectivity index (χ0) is 13.8. The minimum Gasteiger partial charge on any atom is -0.378 e. The summed E-state index contributed by atoms with van der Waals surface area (Å²) in [6.07, 6.45) is 1.20. The average molecular weight is 261 g/mol. The maximum atomic E-state index is 5.30. The van der Waals surface area contributed by atoms with Crippen LogP contribution in [0.15, 0.2) is 18.2 Å². The molecule has 0 radical (unpaired) electrons. The predicted molar refractivity (Wildman–Crippen MR) is 80.6 cm³/mol. The van der Waals surface area contributed by atoms with Crippen LogP contribution in [-0.4, -0.2) is 30.7 Å². The van der Waals surface area contributed by atoms with Gasteiger partial charge in [-0.3, -0.25) is 4.90 Å². The quantitative estimate of drug-likeness (QED) is 0.806. The molecule has 2 nitrogen and oxygen atoms in total. The first-order valence-corrected chi connectivity index (χ1v) is 7.67. The largest absolute Gasteiger partial charge is 0.378 e. The summed E-state index contributed by atoms with van der Waals surface area (Å²) in [7, 11) is 0. The van der Waals surface area contributed by atoms with E-state index in [0.717, 1.165) is 19.8 Å². The van der Waals surface area contributed by atoms with Gasteiger partial charge in [0.15, 0.2) is 0 Å². The van der Waals surface area contributed by atoms with Crippen molar-refractivity contribution in [3.8, 4) is 0 Å². The zero-order valence-electron chi connectivity index (χ0n) is 12.8. The molecule has 19 heavy (non-hydrogen) atoms. The SMILES string of the molecule is CC.CC(C)c1ccc2c(c1)CN(C1COC1)CC2. The highest BCUT2D eigenvalue weighted by molar-refractivity contribution is 5.35. The van der Waals surface area contributed by atoms with Crippen LogP contribution in [0.1, 0.15) is 50.3 Å². The Bertz CT molecular complexity index is 410. The molecule has 0 atom stereocenters. The fraction of sp³-hybridized carbons (Fsp3) is 0.647. The third kappa shape index (κ3) is 3.18. The summed E-state index contributed by atoms with van der Waals surface area (Å²) < 4.78 is 5.30. The monoisotopic (exact) mass is 261 g/mol. The molecular weight excluding hydrogens is 234 g/mol. The second-order valence-corrected chi connectivity index (χ2v) is 5.59. The molecule has 2 aliphatic heterocycles. The summed E-state index contributed by atoms with van der Waals surface area (Å²) in [6.45, 7) is 12.7. The van der Waals surface area contributed by atoms with E-state index in [-0.39, 0.29) is 0 Å². The number of fused-ring (bicyclic) bond motifs is 1. The number of nitrogens with zero attached hydrogens (tertiary/aromatic N) is 1. The maximum absolute atomic E-state index is 5.30. The Morgan fingerprint density at radius 2 is 1.89 bits per heavy atom. The van der Waals surface area contributed by atoms with Gasteiger partial charge >= 0.3 is 0 Å². The first-order valence-electron chi connectivity index (χ1n) is 7.67. The van der Waals surface area contributed by atoms with Crippen molar-refractivity contribution < 1.29 is 4.74 Å². The topological polar surface area (TPSA) is 12.5 Å². The molecule has 1 saturated heterocycles. The molecule has 0 aromatic heterocycles. The van der Waals surface area contributed by atoms with E-state index in [4.69, 9.17) is 4.74 Å². The molecule has 1 fully saturated rings. The standard InChI is InChI=1S/C15H21NO.C2H6/c1-11(2)13-4-3-12-5-6-16(8-14(12)7-13)15-9-17-10-15;1-2/h3-4,7,11,15H,5-6,8-10H2,1-2H3;1-2H3. The van der Waals surface area contributed by atoms with Gasteiger partial charge in [-0.15, -0.1) is 0 Å². The average Bonchev–Trinajstić information content (AvgIpc) is 2.38. The number of ether oxygens (including phenoxy) is 1. The van der Waals surface area contributed by atoms with Gasteiger partial charge in [-0.1, -0.05) is 45.9 Å². The van der Waals surface area contributed by atoms with E-state index in [1.54, 1.807) is 5.56 Å². The van der Waals surface area contributed by atoms with Crippen molar-refractivity contribution >= 4 is 0 Å². The minimum absolute atomic E-state index is 0.628. The van der Waals surface area contributed by atoms with Crippen molar-refractivity contribution in [1.82, 2.24) is 4.90 Å². The van der Waals surface area contributed by atoms with E-state index in [0.29, 0.717) is 12.0 Å². The molecule has 0 unspecified atom stereocenters. The lowest BCUT2D eigenvalue weighted by molar-refractivity contribution is -0.0695. The molecule has 1 aromatic rings. The molecule has 0 amide bonds. The van der Waals surface area contributed by atoms with Crippen LogP contribution in [-0.2, 0) is 17.7 Å². The van der Waals surface area contributed by atoms with Crippen LogP contribution in [0.3, 0.4) is 0 Å². The first-order chi connectivity index (χ1) is 9.24. The Hall–Kier alpha value is -0.860. The maximum Gasteiger partial charge on any atom is 0.0645 e. The Kier molecular flexibility index (Phi) is 5.00. The minimum atomic E-state index is 0.628.